The summed E-state index contributed by atoms with van der Waals surface area (Å²) in [6, 6.07) is 6.10. The van der Waals surface area contributed by atoms with E-state index in [9.17, 15) is 14.7 Å². The van der Waals surface area contributed by atoms with Crippen molar-refractivity contribution < 1.29 is 19.8 Å². The van der Waals surface area contributed by atoms with Gasteiger partial charge in [0, 0.05) is 25.0 Å². The third-order valence-electron chi connectivity index (χ3n) is 4.25. The van der Waals surface area contributed by atoms with E-state index in [-0.39, 0.29) is 18.9 Å². The summed E-state index contributed by atoms with van der Waals surface area (Å²) >= 11 is 12.2. The van der Waals surface area contributed by atoms with Crippen LogP contribution in [-0.2, 0) is 16.0 Å². The zero-order valence-corrected chi connectivity index (χ0v) is 16.9. The normalized spacial score (nSPS) is 19.7. The predicted octanol–water partition coefficient (Wildman–Crippen LogP) is 2.93. The Labute approximate surface area is 173 Å². The summed E-state index contributed by atoms with van der Waals surface area (Å²) in [5.74, 6) is -1.27. The van der Waals surface area contributed by atoms with E-state index in [1.165, 1.54) is 0 Å². The molecule has 0 bridgehead atoms. The van der Waals surface area contributed by atoms with Gasteiger partial charge in [-0.05, 0) is 17.2 Å². The number of aliphatic hydroxyl groups is 1. The molecule has 1 heterocycles. The maximum Gasteiger partial charge on any atom is 0.307 e. The Kier molecular flexibility index (Phi) is 8.11. The molecule has 0 fully saturated rings. The molecular weight excluding hydrogens is 403 g/mol. The van der Waals surface area contributed by atoms with E-state index >= 15 is 0 Å². The second-order valence-electron chi connectivity index (χ2n) is 6.35. The number of halogens is 2. The third-order valence-corrected chi connectivity index (χ3v) is 5.06. The van der Waals surface area contributed by atoms with Crippen molar-refractivity contribution in [1.29, 1.82) is 0 Å². The SMILES string of the molecule is CN1C/C=C\C(Cl)=C(\Cl)CC=C1C(=O)N[C@H](CO)c1ccc(CC(=O)O)cc1. The van der Waals surface area contributed by atoms with Crippen LogP contribution in [0.4, 0.5) is 0 Å². The van der Waals surface area contributed by atoms with E-state index in [0.29, 0.717) is 39.9 Å². The Bertz CT molecular complexity index is 816. The first kappa shape index (κ1) is 22.0. The number of carboxylic acids is 1. The maximum absolute atomic E-state index is 12.8. The molecule has 1 aromatic rings. The number of benzene rings is 1. The number of nitrogens with one attached hydrogen (secondary N) is 1. The van der Waals surface area contributed by atoms with Gasteiger partial charge in [0.15, 0.2) is 0 Å². The number of carbonyl (C=O) groups is 2. The van der Waals surface area contributed by atoms with Gasteiger partial charge in [-0.1, -0.05) is 59.6 Å². The molecule has 8 heteroatoms. The number of hydrogen-bond donors (Lipinski definition) is 3. The molecule has 1 amide bonds. The van der Waals surface area contributed by atoms with E-state index < -0.39 is 12.0 Å². The quantitative estimate of drug-likeness (QED) is 0.652. The monoisotopic (exact) mass is 424 g/mol. The molecule has 28 heavy (non-hydrogen) atoms. The second kappa shape index (κ2) is 10.3. The molecule has 1 atom stereocenters. The number of rotatable bonds is 6. The Hall–Kier alpha value is -2.28. The lowest BCUT2D eigenvalue weighted by atomic mass is 10.0. The molecule has 0 unspecified atom stereocenters. The van der Waals surface area contributed by atoms with Crippen LogP contribution in [-0.4, -0.2) is 47.2 Å². The molecule has 0 aliphatic carbocycles. The number of hydrogen-bond acceptors (Lipinski definition) is 4. The van der Waals surface area contributed by atoms with Gasteiger partial charge in [0.1, 0.15) is 0 Å². The highest BCUT2D eigenvalue weighted by atomic mass is 35.5. The predicted molar refractivity (Wildman–Crippen MR) is 109 cm³/mol. The molecule has 6 nitrogen and oxygen atoms in total. The Morgan fingerprint density at radius 1 is 1.25 bits per heavy atom. The highest BCUT2D eigenvalue weighted by molar-refractivity contribution is 6.40. The van der Waals surface area contributed by atoms with Gasteiger partial charge in [-0.3, -0.25) is 9.59 Å². The third kappa shape index (κ3) is 6.12. The molecule has 0 saturated carbocycles. The maximum atomic E-state index is 12.8. The molecule has 150 valence electrons. The van der Waals surface area contributed by atoms with Crippen LogP contribution in [0.15, 0.2) is 58.3 Å². The summed E-state index contributed by atoms with van der Waals surface area (Å²) in [6.07, 6.45) is 5.42. The molecule has 0 radical (unpaired) electrons. The zero-order valence-electron chi connectivity index (χ0n) is 15.4. The molecule has 1 aromatic carbocycles. The Balaban J connectivity index is 2.15. The second-order valence-corrected chi connectivity index (χ2v) is 7.21. The minimum atomic E-state index is -0.920. The summed E-state index contributed by atoms with van der Waals surface area (Å²) < 4.78 is 0. The minimum absolute atomic E-state index is 0.0849. The van der Waals surface area contributed by atoms with Gasteiger partial charge in [-0.15, -0.1) is 0 Å². The largest absolute Gasteiger partial charge is 0.481 e. The fraction of sp³-hybridized carbons (Fsp3) is 0.300. The summed E-state index contributed by atoms with van der Waals surface area (Å²) in [5, 5.41) is 22.3. The Morgan fingerprint density at radius 2 is 1.93 bits per heavy atom. The van der Waals surface area contributed by atoms with Crippen LogP contribution in [0, 0.1) is 0 Å². The van der Waals surface area contributed by atoms with Crippen molar-refractivity contribution in [1.82, 2.24) is 10.2 Å². The number of carbonyl (C=O) groups excluding carboxylic acids is 1. The van der Waals surface area contributed by atoms with E-state index in [1.807, 2.05) is 6.08 Å². The van der Waals surface area contributed by atoms with Crippen molar-refractivity contribution in [2.45, 2.75) is 18.9 Å². The van der Waals surface area contributed by atoms with Crippen molar-refractivity contribution >= 4 is 35.1 Å². The van der Waals surface area contributed by atoms with Crippen LogP contribution in [0.3, 0.4) is 0 Å². The Morgan fingerprint density at radius 3 is 2.54 bits per heavy atom. The van der Waals surface area contributed by atoms with E-state index in [1.54, 1.807) is 48.4 Å². The van der Waals surface area contributed by atoms with Crippen LogP contribution >= 0.6 is 23.2 Å². The summed E-state index contributed by atoms with van der Waals surface area (Å²) in [5.41, 5.74) is 1.73. The van der Waals surface area contributed by atoms with Crippen LogP contribution in [0.25, 0.3) is 0 Å². The smallest absolute Gasteiger partial charge is 0.307 e. The number of nitrogens with zero attached hydrogens (tertiary/aromatic N) is 1. The molecular formula is C20H22Cl2N2O4. The van der Waals surface area contributed by atoms with E-state index in [2.05, 4.69) is 5.32 Å². The summed E-state index contributed by atoms with van der Waals surface area (Å²) in [7, 11) is 1.78. The standard InChI is InChI=1S/C20H22Cl2N2O4/c1-24-10-2-3-15(21)16(22)8-9-18(24)20(28)23-17(12-25)14-6-4-13(5-7-14)11-19(26)27/h2-7,9,17,25H,8,10-12H2,1H3,(H,23,28)(H,26,27)/b3-2-,16-15-,18-9?/t17-/m1/s1. The van der Waals surface area contributed by atoms with Crippen LogP contribution < -0.4 is 5.32 Å². The average molecular weight is 425 g/mol. The first-order valence-corrected chi connectivity index (χ1v) is 9.41. The molecule has 1 aliphatic heterocycles. The molecule has 3 N–H and O–H groups in total. The van der Waals surface area contributed by atoms with Crippen molar-refractivity contribution in [3.8, 4) is 0 Å². The number of aliphatic hydroxyl groups excluding tert-OH is 1. The van der Waals surface area contributed by atoms with Gasteiger partial charge in [0.25, 0.3) is 5.91 Å². The van der Waals surface area contributed by atoms with Gasteiger partial charge in [-0.2, -0.15) is 0 Å². The fourth-order valence-corrected chi connectivity index (χ4v) is 3.02. The first-order valence-electron chi connectivity index (χ1n) is 8.66. The van der Waals surface area contributed by atoms with Gasteiger partial charge in [0.05, 0.1) is 29.8 Å². The van der Waals surface area contributed by atoms with Crippen LogP contribution in [0.5, 0.6) is 0 Å². The van der Waals surface area contributed by atoms with Crippen molar-refractivity contribution in [2.24, 2.45) is 0 Å². The van der Waals surface area contributed by atoms with Crippen molar-refractivity contribution in [2.75, 3.05) is 20.2 Å². The number of aliphatic carboxylic acids is 1. The lowest BCUT2D eigenvalue weighted by molar-refractivity contribution is -0.136. The topological polar surface area (TPSA) is 89.9 Å². The summed E-state index contributed by atoms with van der Waals surface area (Å²) in [6.45, 7) is 0.167. The van der Waals surface area contributed by atoms with E-state index in [4.69, 9.17) is 28.3 Å². The van der Waals surface area contributed by atoms with Gasteiger partial charge >= 0.3 is 5.97 Å². The van der Waals surface area contributed by atoms with E-state index in [0.717, 1.165) is 0 Å². The highest BCUT2D eigenvalue weighted by Crippen LogP contribution is 2.22. The van der Waals surface area contributed by atoms with Gasteiger partial charge in [0.2, 0.25) is 0 Å². The number of carboxylic acid groups (broad SMARTS) is 1. The van der Waals surface area contributed by atoms with Gasteiger partial charge < -0.3 is 20.4 Å². The molecule has 1 aliphatic rings. The lowest BCUT2D eigenvalue weighted by Crippen LogP contribution is -2.37. The van der Waals surface area contributed by atoms with Crippen molar-refractivity contribution in [3.63, 3.8) is 0 Å². The minimum Gasteiger partial charge on any atom is -0.481 e. The van der Waals surface area contributed by atoms with Crippen molar-refractivity contribution in [3.05, 3.63) is 69.4 Å². The molecule has 0 aromatic heterocycles. The number of amides is 1. The van der Waals surface area contributed by atoms with Gasteiger partial charge in [-0.25, -0.2) is 0 Å². The number of likely N-dealkylation sites (N-methyl/N-ethyl adjacent to an activating group) is 1. The molecule has 0 saturated heterocycles. The fourth-order valence-electron chi connectivity index (χ4n) is 2.72. The number of allylic oxidation sites excluding steroid dienone is 4. The highest BCUT2D eigenvalue weighted by Gasteiger charge is 2.20. The first-order chi connectivity index (χ1) is 13.3. The average Bonchev–Trinajstić information content (AvgIpc) is 2.71. The van der Waals surface area contributed by atoms with Crippen LogP contribution in [0.1, 0.15) is 23.6 Å². The summed E-state index contributed by atoms with van der Waals surface area (Å²) in [4.78, 5) is 25.3. The van der Waals surface area contributed by atoms with Crippen LogP contribution in [0.2, 0.25) is 0 Å². The lowest BCUT2D eigenvalue weighted by Gasteiger charge is -2.23. The zero-order chi connectivity index (χ0) is 20.7. The molecule has 2 rings (SSSR count). The molecule has 0 spiro atoms.